The molecular weight excluding hydrogens is 324 g/mol. The van der Waals surface area contributed by atoms with E-state index in [1.165, 1.54) is 12.8 Å². The van der Waals surface area contributed by atoms with Gasteiger partial charge in [-0.3, -0.25) is 0 Å². The molecule has 2 fully saturated rings. The normalized spacial score (nSPS) is 21.5. The third-order valence-electron chi connectivity index (χ3n) is 4.47. The first-order chi connectivity index (χ1) is 11.7. The molecule has 0 amide bonds. The molecule has 0 bridgehead atoms. The van der Waals surface area contributed by atoms with Gasteiger partial charge < -0.3 is 25.2 Å². The van der Waals surface area contributed by atoms with E-state index in [-0.39, 0.29) is 0 Å². The van der Waals surface area contributed by atoms with Crippen LogP contribution >= 0.6 is 12.2 Å². The molecule has 3 heterocycles. The van der Waals surface area contributed by atoms with Crippen molar-refractivity contribution in [2.75, 3.05) is 61.6 Å². The molecule has 2 aliphatic rings. The highest BCUT2D eigenvalue weighted by atomic mass is 32.1. The molecule has 0 radical (unpaired) electrons. The number of hydrogen-bond acceptors (Lipinski definition) is 6. The van der Waals surface area contributed by atoms with E-state index in [9.17, 15) is 0 Å². The zero-order valence-electron chi connectivity index (χ0n) is 14.4. The number of thiocarbonyl (C=S) groups is 1. The van der Waals surface area contributed by atoms with E-state index < -0.39 is 0 Å². The van der Waals surface area contributed by atoms with Gasteiger partial charge in [-0.2, -0.15) is 9.97 Å². The van der Waals surface area contributed by atoms with Crippen molar-refractivity contribution in [1.29, 1.82) is 0 Å². The van der Waals surface area contributed by atoms with Crippen molar-refractivity contribution in [3.63, 3.8) is 0 Å². The summed E-state index contributed by atoms with van der Waals surface area (Å²) >= 11 is 5.21. The Morgan fingerprint density at radius 1 is 1.21 bits per heavy atom. The monoisotopic (exact) mass is 350 g/mol. The van der Waals surface area contributed by atoms with E-state index in [1.54, 1.807) is 7.05 Å². The van der Waals surface area contributed by atoms with Crippen molar-refractivity contribution in [2.45, 2.75) is 19.8 Å². The lowest BCUT2D eigenvalue weighted by Crippen LogP contribution is -2.38. The zero-order valence-corrected chi connectivity index (χ0v) is 15.2. The highest BCUT2D eigenvalue weighted by Gasteiger charge is 2.21. The van der Waals surface area contributed by atoms with Gasteiger partial charge in [0.25, 0.3) is 0 Å². The lowest BCUT2D eigenvalue weighted by Gasteiger charge is -2.33. The standard InChI is InChI=1S/C16H26N6OS/c1-12-4-3-5-22(11-12)14-10-13(21-6-8-23-9-7-21)18-15(19-14)20-16(24)17-2/h10,12H,3-9,11H2,1-2H3,(H2,17,18,19,20,24)/t12-/m1/s1. The highest BCUT2D eigenvalue weighted by Crippen LogP contribution is 2.26. The van der Waals surface area contributed by atoms with Crippen LogP contribution in [0.4, 0.5) is 17.6 Å². The number of aromatic nitrogens is 2. The predicted octanol–water partition coefficient (Wildman–Crippen LogP) is 1.47. The van der Waals surface area contributed by atoms with E-state index >= 15 is 0 Å². The van der Waals surface area contributed by atoms with Gasteiger partial charge in [-0.25, -0.2) is 0 Å². The minimum absolute atomic E-state index is 0.520. The van der Waals surface area contributed by atoms with Crippen molar-refractivity contribution in [3.05, 3.63) is 6.07 Å². The predicted molar refractivity (Wildman–Crippen MR) is 101 cm³/mol. The van der Waals surface area contributed by atoms with Crippen LogP contribution in [0.5, 0.6) is 0 Å². The molecule has 3 rings (SSSR count). The topological polar surface area (TPSA) is 65.6 Å². The largest absolute Gasteiger partial charge is 0.378 e. The number of ether oxygens (including phenoxy) is 1. The van der Waals surface area contributed by atoms with E-state index in [0.29, 0.717) is 17.0 Å². The summed E-state index contributed by atoms with van der Waals surface area (Å²) in [6.45, 7) is 7.54. The summed E-state index contributed by atoms with van der Waals surface area (Å²) < 4.78 is 5.45. The van der Waals surface area contributed by atoms with Gasteiger partial charge in [0.2, 0.25) is 5.95 Å². The Hall–Kier alpha value is -1.67. The van der Waals surface area contributed by atoms with E-state index in [2.05, 4.69) is 38.4 Å². The number of anilines is 3. The second kappa shape index (κ2) is 7.94. The maximum atomic E-state index is 5.45. The maximum Gasteiger partial charge on any atom is 0.232 e. The summed E-state index contributed by atoms with van der Waals surface area (Å²) in [5, 5.41) is 6.51. The highest BCUT2D eigenvalue weighted by molar-refractivity contribution is 7.80. The maximum absolute atomic E-state index is 5.45. The quantitative estimate of drug-likeness (QED) is 0.795. The second-order valence-corrected chi connectivity index (χ2v) is 6.81. The lowest BCUT2D eigenvalue weighted by atomic mass is 10.0. The summed E-state index contributed by atoms with van der Waals surface area (Å²) in [7, 11) is 1.79. The molecule has 24 heavy (non-hydrogen) atoms. The molecule has 0 spiro atoms. The van der Waals surface area contributed by atoms with Crippen molar-refractivity contribution >= 4 is 34.9 Å². The Morgan fingerprint density at radius 2 is 1.92 bits per heavy atom. The summed E-state index contributed by atoms with van der Waals surface area (Å²) in [5.74, 6) is 3.14. The molecule has 0 unspecified atom stereocenters. The van der Waals surface area contributed by atoms with Crippen molar-refractivity contribution < 1.29 is 4.74 Å². The first-order valence-corrected chi connectivity index (χ1v) is 9.02. The molecule has 1 aromatic rings. The molecule has 0 aromatic carbocycles. The number of nitrogens with one attached hydrogen (secondary N) is 2. The number of hydrogen-bond donors (Lipinski definition) is 2. The Kier molecular flexibility index (Phi) is 5.68. The van der Waals surface area contributed by atoms with Crippen LogP contribution in [0.1, 0.15) is 19.8 Å². The van der Waals surface area contributed by atoms with Gasteiger partial charge >= 0.3 is 0 Å². The summed E-state index contributed by atoms with van der Waals surface area (Å²) in [6.07, 6.45) is 2.49. The molecule has 1 atom stereocenters. The molecule has 0 aliphatic carbocycles. The first kappa shape index (κ1) is 17.2. The van der Waals surface area contributed by atoms with E-state index in [4.69, 9.17) is 21.9 Å². The average Bonchev–Trinajstić information content (AvgIpc) is 2.62. The lowest BCUT2D eigenvalue weighted by molar-refractivity contribution is 0.122. The minimum Gasteiger partial charge on any atom is -0.378 e. The fourth-order valence-electron chi connectivity index (χ4n) is 3.16. The van der Waals surface area contributed by atoms with Crippen LogP contribution in [-0.2, 0) is 4.74 Å². The molecule has 0 saturated carbocycles. The van der Waals surface area contributed by atoms with Gasteiger partial charge in [-0.15, -0.1) is 0 Å². The van der Waals surface area contributed by atoms with Crippen molar-refractivity contribution in [3.8, 4) is 0 Å². The SMILES string of the molecule is CNC(=S)Nc1nc(N2CCOCC2)cc(N2CCC[C@@H](C)C2)n1. The van der Waals surface area contributed by atoms with Crippen LogP contribution < -0.4 is 20.4 Å². The van der Waals surface area contributed by atoms with Crippen LogP contribution in [0.25, 0.3) is 0 Å². The summed E-state index contributed by atoms with van der Waals surface area (Å²) in [4.78, 5) is 13.9. The Bertz CT molecular complexity index is 578. The van der Waals surface area contributed by atoms with Crippen LogP contribution in [0.2, 0.25) is 0 Å². The Labute approximate surface area is 148 Å². The van der Waals surface area contributed by atoms with E-state index in [1.807, 2.05) is 0 Å². The van der Waals surface area contributed by atoms with E-state index in [0.717, 1.165) is 51.0 Å². The van der Waals surface area contributed by atoms with Crippen LogP contribution in [0.3, 0.4) is 0 Å². The molecule has 2 aliphatic heterocycles. The van der Waals surface area contributed by atoms with Crippen molar-refractivity contribution in [1.82, 2.24) is 15.3 Å². The molecular formula is C16H26N6OS. The fraction of sp³-hybridized carbons (Fsp3) is 0.688. The van der Waals surface area contributed by atoms with Gasteiger partial charge in [0.15, 0.2) is 5.11 Å². The average molecular weight is 350 g/mol. The third kappa shape index (κ3) is 4.24. The Balaban J connectivity index is 1.87. The van der Waals surface area contributed by atoms with Crippen LogP contribution in [0, 0.1) is 5.92 Å². The molecule has 8 heteroatoms. The minimum atomic E-state index is 0.520. The number of piperidine rings is 1. The van der Waals surface area contributed by atoms with Gasteiger partial charge in [0.1, 0.15) is 11.6 Å². The smallest absolute Gasteiger partial charge is 0.232 e. The zero-order chi connectivity index (χ0) is 16.9. The van der Waals surface area contributed by atoms with Gasteiger partial charge in [0.05, 0.1) is 13.2 Å². The van der Waals surface area contributed by atoms with Crippen molar-refractivity contribution in [2.24, 2.45) is 5.92 Å². The van der Waals surface area contributed by atoms with Crippen LogP contribution in [-0.4, -0.2) is 61.5 Å². The molecule has 7 nitrogen and oxygen atoms in total. The van der Waals surface area contributed by atoms with Gasteiger partial charge in [0, 0.05) is 39.3 Å². The second-order valence-electron chi connectivity index (χ2n) is 6.40. The molecule has 1 aromatic heterocycles. The summed E-state index contributed by atoms with van der Waals surface area (Å²) in [5.41, 5.74) is 0. The first-order valence-electron chi connectivity index (χ1n) is 8.61. The van der Waals surface area contributed by atoms with Gasteiger partial charge in [-0.05, 0) is 31.0 Å². The fourth-order valence-corrected chi connectivity index (χ4v) is 3.25. The summed E-state index contributed by atoms with van der Waals surface area (Å²) in [6, 6.07) is 2.09. The van der Waals surface area contributed by atoms with Gasteiger partial charge in [-0.1, -0.05) is 6.92 Å². The third-order valence-corrected chi connectivity index (χ3v) is 4.77. The molecule has 2 N–H and O–H groups in total. The molecule has 2 saturated heterocycles. The number of rotatable bonds is 3. The Morgan fingerprint density at radius 3 is 2.58 bits per heavy atom. The number of nitrogens with zero attached hydrogens (tertiary/aromatic N) is 4. The number of morpholine rings is 1. The van der Waals surface area contributed by atoms with Crippen LogP contribution in [0.15, 0.2) is 6.07 Å². The molecule has 132 valence electrons.